The number of aromatic nitrogens is 3. The Balaban J connectivity index is 1.31. The van der Waals surface area contributed by atoms with Crippen LogP contribution in [-0.2, 0) is 11.9 Å². The number of rotatable bonds is 8. The number of benzene rings is 4. The van der Waals surface area contributed by atoms with Gasteiger partial charge in [-0.2, -0.15) is 13.2 Å². The predicted molar refractivity (Wildman–Crippen MR) is 149 cm³/mol. The molecule has 0 bridgehead atoms. The molecular weight excluding hydrogens is 537 g/mol. The lowest BCUT2D eigenvalue weighted by molar-refractivity contribution is -0.137. The number of anilines is 1. The Morgan fingerprint density at radius 1 is 0.900 bits per heavy atom. The molecule has 1 N–H and O–H groups in total. The standard InChI is InChI=1S/C30H23F3N4O2S/c1-39-26-16-14-25(15-17-26)37-27(21-6-3-2-4-7-21)35-36-29(37)40-19-20-10-12-22(13-11-20)28(38)34-24-9-5-8-23(18-24)30(31,32)33/h2-18H,19H2,1H3,(H,34,38). The van der Waals surface area contributed by atoms with E-state index in [1.165, 1.54) is 23.9 Å². The van der Waals surface area contributed by atoms with Gasteiger partial charge >= 0.3 is 6.18 Å². The van der Waals surface area contributed by atoms with E-state index in [1.54, 1.807) is 31.4 Å². The summed E-state index contributed by atoms with van der Waals surface area (Å²) >= 11 is 1.49. The highest BCUT2D eigenvalue weighted by Crippen LogP contribution is 2.32. The Morgan fingerprint density at radius 3 is 2.30 bits per heavy atom. The lowest BCUT2D eigenvalue weighted by atomic mass is 10.1. The highest BCUT2D eigenvalue weighted by atomic mass is 32.2. The van der Waals surface area contributed by atoms with Crippen LogP contribution in [0, 0.1) is 0 Å². The fourth-order valence-corrected chi connectivity index (χ4v) is 4.89. The summed E-state index contributed by atoms with van der Waals surface area (Å²) in [6.45, 7) is 0. The number of carbonyl (C=O) groups excluding carboxylic acids is 1. The van der Waals surface area contributed by atoms with Crippen molar-refractivity contribution < 1.29 is 22.7 Å². The van der Waals surface area contributed by atoms with E-state index in [2.05, 4.69) is 15.5 Å². The van der Waals surface area contributed by atoms with Crippen molar-refractivity contribution in [3.8, 4) is 22.8 Å². The van der Waals surface area contributed by atoms with Crippen molar-refractivity contribution in [2.24, 2.45) is 0 Å². The smallest absolute Gasteiger partial charge is 0.416 e. The van der Waals surface area contributed by atoms with E-state index in [1.807, 2.05) is 59.2 Å². The van der Waals surface area contributed by atoms with Gasteiger partial charge in [0, 0.05) is 28.3 Å². The summed E-state index contributed by atoms with van der Waals surface area (Å²) in [5, 5.41) is 12.1. The molecule has 5 aromatic rings. The number of amides is 1. The lowest BCUT2D eigenvalue weighted by Crippen LogP contribution is -2.13. The van der Waals surface area contributed by atoms with Crippen LogP contribution in [0.15, 0.2) is 108 Å². The van der Waals surface area contributed by atoms with E-state index in [9.17, 15) is 18.0 Å². The van der Waals surface area contributed by atoms with E-state index in [0.29, 0.717) is 22.3 Å². The zero-order valence-corrected chi connectivity index (χ0v) is 22.0. The van der Waals surface area contributed by atoms with E-state index >= 15 is 0 Å². The van der Waals surface area contributed by atoms with Gasteiger partial charge < -0.3 is 10.1 Å². The minimum absolute atomic E-state index is 0.0755. The molecule has 0 saturated carbocycles. The summed E-state index contributed by atoms with van der Waals surface area (Å²) in [5.74, 6) is 1.50. The number of hydrogen-bond donors (Lipinski definition) is 1. The monoisotopic (exact) mass is 560 g/mol. The molecule has 1 heterocycles. The molecule has 0 aliphatic heterocycles. The van der Waals surface area contributed by atoms with Crippen LogP contribution in [0.2, 0.25) is 0 Å². The zero-order chi connectivity index (χ0) is 28.1. The first-order valence-corrected chi connectivity index (χ1v) is 13.2. The highest BCUT2D eigenvalue weighted by Gasteiger charge is 2.30. The maximum atomic E-state index is 13.0. The highest BCUT2D eigenvalue weighted by molar-refractivity contribution is 7.98. The molecule has 0 atom stereocenters. The van der Waals surface area contributed by atoms with Crippen molar-refractivity contribution in [2.75, 3.05) is 12.4 Å². The molecule has 0 aliphatic carbocycles. The van der Waals surface area contributed by atoms with Crippen LogP contribution in [0.3, 0.4) is 0 Å². The Kier molecular flexibility index (Phi) is 7.88. The van der Waals surface area contributed by atoms with Crippen molar-refractivity contribution in [2.45, 2.75) is 17.1 Å². The largest absolute Gasteiger partial charge is 0.497 e. The second-order valence-corrected chi connectivity index (χ2v) is 9.67. The Bertz CT molecular complexity index is 1600. The molecule has 40 heavy (non-hydrogen) atoms. The van der Waals surface area contributed by atoms with E-state index in [-0.39, 0.29) is 5.69 Å². The topological polar surface area (TPSA) is 69.0 Å². The summed E-state index contributed by atoms with van der Waals surface area (Å²) in [7, 11) is 1.62. The van der Waals surface area contributed by atoms with Gasteiger partial charge in [-0.15, -0.1) is 10.2 Å². The van der Waals surface area contributed by atoms with E-state index in [0.717, 1.165) is 34.7 Å². The Hall–Kier alpha value is -4.57. The van der Waals surface area contributed by atoms with Crippen molar-refractivity contribution in [1.29, 1.82) is 0 Å². The first-order chi connectivity index (χ1) is 19.3. The first-order valence-electron chi connectivity index (χ1n) is 12.2. The molecule has 0 spiro atoms. The molecule has 0 unspecified atom stereocenters. The first kappa shape index (κ1) is 27.0. The van der Waals surface area contributed by atoms with E-state index < -0.39 is 17.6 Å². The second kappa shape index (κ2) is 11.7. The third-order valence-corrected chi connectivity index (χ3v) is 7.03. The van der Waals surface area contributed by atoms with Gasteiger partial charge in [-0.05, 0) is 60.2 Å². The van der Waals surface area contributed by atoms with Crippen LogP contribution in [0.25, 0.3) is 17.1 Å². The molecule has 4 aromatic carbocycles. The van der Waals surface area contributed by atoms with Crippen LogP contribution >= 0.6 is 11.8 Å². The number of methoxy groups -OCH3 is 1. The molecule has 0 aliphatic rings. The number of halogens is 3. The number of thioether (sulfide) groups is 1. The molecular formula is C30H23F3N4O2S. The molecule has 0 saturated heterocycles. The van der Waals surface area contributed by atoms with Gasteiger partial charge in [0.2, 0.25) is 0 Å². The van der Waals surface area contributed by atoms with E-state index in [4.69, 9.17) is 4.74 Å². The summed E-state index contributed by atoms with van der Waals surface area (Å²) < 4.78 is 46.2. The normalized spacial score (nSPS) is 11.3. The number of nitrogens with zero attached hydrogens (tertiary/aromatic N) is 3. The summed E-state index contributed by atoms with van der Waals surface area (Å²) in [6, 6.07) is 28.8. The third kappa shape index (κ3) is 6.18. The molecule has 0 fully saturated rings. The maximum absolute atomic E-state index is 13.0. The molecule has 202 valence electrons. The second-order valence-electron chi connectivity index (χ2n) is 8.72. The number of alkyl halides is 3. The fourth-order valence-electron chi connectivity index (χ4n) is 3.98. The minimum atomic E-state index is -4.49. The summed E-state index contributed by atoms with van der Waals surface area (Å²) in [5.41, 5.74) is 2.33. The van der Waals surface area contributed by atoms with Gasteiger partial charge in [0.1, 0.15) is 5.75 Å². The molecule has 1 amide bonds. The maximum Gasteiger partial charge on any atom is 0.416 e. The molecule has 6 nitrogen and oxygen atoms in total. The van der Waals surface area contributed by atoms with Crippen molar-refractivity contribution in [3.63, 3.8) is 0 Å². The molecule has 1 aromatic heterocycles. The third-order valence-electron chi connectivity index (χ3n) is 6.03. The van der Waals surface area contributed by atoms with Gasteiger partial charge in [0.25, 0.3) is 5.91 Å². The predicted octanol–water partition coefficient (Wildman–Crippen LogP) is 7.51. The van der Waals surface area contributed by atoms with Crippen molar-refractivity contribution >= 4 is 23.4 Å². The van der Waals surface area contributed by atoms with Crippen LogP contribution in [0.5, 0.6) is 5.75 Å². The Labute approximate surface area is 232 Å². The van der Waals surface area contributed by atoms with Gasteiger partial charge in [0.05, 0.1) is 12.7 Å². The van der Waals surface area contributed by atoms with Gasteiger partial charge in [-0.25, -0.2) is 0 Å². The van der Waals surface area contributed by atoms with Gasteiger partial charge in [-0.3, -0.25) is 9.36 Å². The lowest BCUT2D eigenvalue weighted by Gasteiger charge is -2.11. The number of ether oxygens (including phenoxy) is 1. The van der Waals surface area contributed by atoms with Crippen molar-refractivity contribution in [1.82, 2.24) is 14.8 Å². The summed E-state index contributed by atoms with van der Waals surface area (Å²) in [4.78, 5) is 12.6. The fraction of sp³-hybridized carbons (Fsp3) is 0.100. The SMILES string of the molecule is COc1ccc(-n2c(SCc3ccc(C(=O)Nc4cccc(C(F)(F)F)c4)cc3)nnc2-c2ccccc2)cc1. The van der Waals surface area contributed by atoms with Gasteiger partial charge in [0.15, 0.2) is 11.0 Å². The number of nitrogens with one attached hydrogen (secondary N) is 1. The van der Waals surface area contributed by atoms with Crippen LogP contribution in [0.1, 0.15) is 21.5 Å². The zero-order valence-electron chi connectivity index (χ0n) is 21.2. The van der Waals surface area contributed by atoms with Crippen molar-refractivity contribution in [3.05, 3.63) is 120 Å². The number of hydrogen-bond acceptors (Lipinski definition) is 5. The van der Waals surface area contributed by atoms with Gasteiger partial charge in [-0.1, -0.05) is 60.3 Å². The Morgan fingerprint density at radius 2 is 1.62 bits per heavy atom. The molecule has 5 rings (SSSR count). The van der Waals surface area contributed by atoms with Crippen LogP contribution in [0.4, 0.5) is 18.9 Å². The minimum Gasteiger partial charge on any atom is -0.497 e. The average Bonchev–Trinajstić information content (AvgIpc) is 3.40. The average molecular weight is 561 g/mol. The quantitative estimate of drug-likeness (QED) is 0.199. The molecule has 0 radical (unpaired) electrons. The van der Waals surface area contributed by atoms with Crippen LogP contribution in [-0.4, -0.2) is 27.8 Å². The molecule has 10 heteroatoms. The number of carbonyl (C=O) groups is 1. The summed E-state index contributed by atoms with van der Waals surface area (Å²) in [6.07, 6.45) is -4.49. The van der Waals surface area contributed by atoms with Crippen LogP contribution < -0.4 is 10.1 Å².